The Balaban J connectivity index is 2.27. The molecule has 1 aromatic heterocycles. The van der Waals surface area contributed by atoms with Gasteiger partial charge in [-0.25, -0.2) is 4.98 Å². The summed E-state index contributed by atoms with van der Waals surface area (Å²) >= 11 is 0. The van der Waals surface area contributed by atoms with Crippen LogP contribution in [0.15, 0.2) is 34.9 Å². The van der Waals surface area contributed by atoms with Crippen molar-refractivity contribution in [3.8, 4) is 11.5 Å². The number of benzene rings is 1. The van der Waals surface area contributed by atoms with E-state index in [4.69, 9.17) is 10.2 Å². The Labute approximate surface area is 95.3 Å². The van der Waals surface area contributed by atoms with Gasteiger partial charge in [-0.1, -0.05) is 26.0 Å². The Morgan fingerprint density at radius 3 is 2.44 bits per heavy atom. The first-order valence-electron chi connectivity index (χ1n) is 5.46. The summed E-state index contributed by atoms with van der Waals surface area (Å²) in [5, 5.41) is 0. The maximum Gasteiger partial charge on any atom is 0.226 e. The van der Waals surface area contributed by atoms with Crippen molar-refractivity contribution >= 4 is 0 Å². The molecule has 0 saturated heterocycles. The third kappa shape index (κ3) is 2.14. The Morgan fingerprint density at radius 1 is 1.25 bits per heavy atom. The van der Waals surface area contributed by atoms with Crippen LogP contribution in [0, 0.1) is 0 Å². The van der Waals surface area contributed by atoms with Crippen LogP contribution >= 0.6 is 0 Å². The molecule has 0 atom stereocenters. The molecule has 0 aliphatic heterocycles. The molecule has 0 aliphatic carbocycles. The zero-order chi connectivity index (χ0) is 11.5. The first-order chi connectivity index (χ1) is 7.70. The molecule has 0 amide bonds. The summed E-state index contributed by atoms with van der Waals surface area (Å²) < 4.78 is 5.48. The summed E-state index contributed by atoms with van der Waals surface area (Å²) in [5.41, 5.74) is 7.78. The van der Waals surface area contributed by atoms with Gasteiger partial charge in [0.25, 0.3) is 0 Å². The minimum atomic E-state index is 0.386. The molecule has 2 N–H and O–H groups in total. The predicted molar refractivity (Wildman–Crippen MR) is 63.9 cm³/mol. The van der Waals surface area contributed by atoms with Crippen molar-refractivity contribution in [2.24, 2.45) is 5.73 Å². The lowest BCUT2D eigenvalue weighted by Gasteiger charge is -2.04. The second-order valence-electron chi connectivity index (χ2n) is 4.11. The van der Waals surface area contributed by atoms with Crippen LogP contribution < -0.4 is 5.73 Å². The van der Waals surface area contributed by atoms with E-state index in [1.165, 1.54) is 5.56 Å². The first kappa shape index (κ1) is 10.9. The lowest BCUT2D eigenvalue weighted by Crippen LogP contribution is -1.92. The van der Waals surface area contributed by atoms with Crippen molar-refractivity contribution < 1.29 is 4.42 Å². The van der Waals surface area contributed by atoms with Crippen molar-refractivity contribution in [3.63, 3.8) is 0 Å². The van der Waals surface area contributed by atoms with E-state index >= 15 is 0 Å². The van der Waals surface area contributed by atoms with Crippen LogP contribution in [-0.4, -0.2) is 4.98 Å². The van der Waals surface area contributed by atoms with E-state index in [9.17, 15) is 0 Å². The topological polar surface area (TPSA) is 52.0 Å². The van der Waals surface area contributed by atoms with Crippen molar-refractivity contribution in [3.05, 3.63) is 41.8 Å². The first-order valence-corrected chi connectivity index (χ1v) is 5.46. The van der Waals surface area contributed by atoms with Crippen molar-refractivity contribution in [2.45, 2.75) is 26.3 Å². The van der Waals surface area contributed by atoms with Gasteiger partial charge in [0, 0.05) is 5.56 Å². The number of oxazole rings is 1. The van der Waals surface area contributed by atoms with Crippen LogP contribution in [0.1, 0.15) is 31.1 Å². The van der Waals surface area contributed by atoms with Gasteiger partial charge in [-0.15, -0.1) is 0 Å². The summed E-state index contributed by atoms with van der Waals surface area (Å²) in [4.78, 5) is 4.19. The summed E-state index contributed by atoms with van der Waals surface area (Å²) in [6.45, 7) is 4.73. The Kier molecular flexibility index (Phi) is 3.06. The van der Waals surface area contributed by atoms with E-state index in [1.54, 1.807) is 6.20 Å². The number of nitrogens with zero attached hydrogens (tertiary/aromatic N) is 1. The fourth-order valence-electron chi connectivity index (χ4n) is 1.55. The number of aromatic nitrogens is 1. The zero-order valence-electron chi connectivity index (χ0n) is 9.60. The highest BCUT2D eigenvalue weighted by atomic mass is 16.4. The minimum Gasteiger partial charge on any atom is -0.440 e. The lowest BCUT2D eigenvalue weighted by molar-refractivity contribution is 0.520. The Hall–Kier alpha value is -1.61. The molecular weight excluding hydrogens is 200 g/mol. The number of nitrogens with two attached hydrogens (primary N) is 1. The molecule has 0 radical (unpaired) electrons. The van der Waals surface area contributed by atoms with Crippen molar-refractivity contribution in [1.29, 1.82) is 0 Å². The summed E-state index contributed by atoms with van der Waals surface area (Å²) in [6.07, 6.45) is 1.67. The number of rotatable bonds is 3. The summed E-state index contributed by atoms with van der Waals surface area (Å²) in [6, 6.07) is 8.27. The summed E-state index contributed by atoms with van der Waals surface area (Å²) in [7, 11) is 0. The van der Waals surface area contributed by atoms with Crippen LogP contribution in [0.25, 0.3) is 11.5 Å². The van der Waals surface area contributed by atoms with Gasteiger partial charge in [0.05, 0.1) is 12.7 Å². The molecule has 0 aliphatic rings. The molecule has 16 heavy (non-hydrogen) atoms. The molecule has 2 rings (SSSR count). The molecule has 0 saturated carbocycles. The van der Waals surface area contributed by atoms with Gasteiger partial charge < -0.3 is 10.2 Å². The smallest absolute Gasteiger partial charge is 0.226 e. The van der Waals surface area contributed by atoms with Gasteiger partial charge in [0.1, 0.15) is 5.76 Å². The average Bonchev–Trinajstić information content (AvgIpc) is 2.77. The molecule has 3 nitrogen and oxygen atoms in total. The van der Waals surface area contributed by atoms with Crippen LogP contribution in [0.5, 0.6) is 0 Å². The van der Waals surface area contributed by atoms with E-state index in [0.29, 0.717) is 24.1 Å². The third-order valence-electron chi connectivity index (χ3n) is 2.58. The van der Waals surface area contributed by atoms with Crippen molar-refractivity contribution in [1.82, 2.24) is 4.98 Å². The van der Waals surface area contributed by atoms with Crippen LogP contribution in [0.3, 0.4) is 0 Å². The van der Waals surface area contributed by atoms with Gasteiger partial charge in [0.2, 0.25) is 5.89 Å². The fourth-order valence-corrected chi connectivity index (χ4v) is 1.55. The highest BCUT2D eigenvalue weighted by molar-refractivity contribution is 5.53. The number of hydrogen-bond acceptors (Lipinski definition) is 3. The van der Waals surface area contributed by atoms with Crippen LogP contribution in [0.2, 0.25) is 0 Å². The van der Waals surface area contributed by atoms with Gasteiger partial charge in [-0.05, 0) is 23.6 Å². The van der Waals surface area contributed by atoms with E-state index in [-0.39, 0.29) is 0 Å². The Bertz CT molecular complexity index is 457. The highest BCUT2D eigenvalue weighted by Gasteiger charge is 2.06. The third-order valence-corrected chi connectivity index (χ3v) is 2.58. The van der Waals surface area contributed by atoms with E-state index in [0.717, 1.165) is 5.56 Å². The van der Waals surface area contributed by atoms with Gasteiger partial charge in [-0.3, -0.25) is 0 Å². The SMILES string of the molecule is CC(C)c1ccc(-c2ncc(CN)o2)cc1. The molecule has 84 valence electrons. The molecule has 1 aromatic carbocycles. The van der Waals surface area contributed by atoms with E-state index in [1.807, 2.05) is 12.1 Å². The second-order valence-corrected chi connectivity index (χ2v) is 4.11. The molecule has 0 spiro atoms. The lowest BCUT2D eigenvalue weighted by atomic mass is 10.0. The van der Waals surface area contributed by atoms with Crippen LogP contribution in [0.4, 0.5) is 0 Å². The molecule has 0 unspecified atom stereocenters. The largest absolute Gasteiger partial charge is 0.440 e. The van der Waals surface area contributed by atoms with Crippen LogP contribution in [-0.2, 0) is 6.54 Å². The second kappa shape index (κ2) is 4.49. The fraction of sp³-hybridized carbons (Fsp3) is 0.308. The maximum absolute atomic E-state index is 5.48. The zero-order valence-corrected chi connectivity index (χ0v) is 9.60. The molecule has 0 bridgehead atoms. The van der Waals surface area contributed by atoms with Gasteiger partial charge in [0.15, 0.2) is 0 Å². The van der Waals surface area contributed by atoms with E-state index < -0.39 is 0 Å². The molecule has 2 aromatic rings. The highest BCUT2D eigenvalue weighted by Crippen LogP contribution is 2.22. The van der Waals surface area contributed by atoms with E-state index in [2.05, 4.69) is 31.0 Å². The quantitative estimate of drug-likeness (QED) is 0.858. The monoisotopic (exact) mass is 216 g/mol. The molecular formula is C13H16N2O. The maximum atomic E-state index is 5.48. The molecule has 0 fully saturated rings. The van der Waals surface area contributed by atoms with Crippen molar-refractivity contribution in [2.75, 3.05) is 0 Å². The molecule has 3 heteroatoms. The molecule has 1 heterocycles. The standard InChI is InChI=1S/C13H16N2O/c1-9(2)10-3-5-11(6-4-10)13-15-8-12(7-14)16-13/h3-6,8-9H,7,14H2,1-2H3. The number of hydrogen-bond donors (Lipinski definition) is 1. The summed E-state index contributed by atoms with van der Waals surface area (Å²) in [5.74, 6) is 1.89. The average molecular weight is 216 g/mol. The van der Waals surface area contributed by atoms with Gasteiger partial charge >= 0.3 is 0 Å². The Morgan fingerprint density at radius 2 is 1.94 bits per heavy atom. The minimum absolute atomic E-state index is 0.386. The van der Waals surface area contributed by atoms with Gasteiger partial charge in [-0.2, -0.15) is 0 Å². The predicted octanol–water partition coefficient (Wildman–Crippen LogP) is 2.92. The normalized spacial score (nSPS) is 11.0.